The highest BCUT2D eigenvalue weighted by atomic mass is 16.1. The third kappa shape index (κ3) is 3.89. The minimum absolute atomic E-state index is 0.0130. The summed E-state index contributed by atoms with van der Waals surface area (Å²) in [5, 5.41) is 2.95. The zero-order valence-electron chi connectivity index (χ0n) is 11.3. The lowest BCUT2D eigenvalue weighted by Gasteiger charge is -2.17. The molecule has 0 saturated heterocycles. The Kier molecular flexibility index (Phi) is 5.22. The Morgan fingerprint density at radius 1 is 1.35 bits per heavy atom. The quantitative estimate of drug-likeness (QED) is 0.791. The fraction of sp³-hybridized carbons (Fsp3) is 0.615. The van der Waals surface area contributed by atoms with Gasteiger partial charge in [0.2, 0.25) is 0 Å². The number of H-pyrrole nitrogens is 1. The second kappa shape index (κ2) is 6.45. The zero-order chi connectivity index (χ0) is 12.8. The summed E-state index contributed by atoms with van der Waals surface area (Å²) in [6.45, 7) is 11.8. The summed E-state index contributed by atoms with van der Waals surface area (Å²) in [6.07, 6.45) is 0. The Bertz CT molecular complexity index is 367. The van der Waals surface area contributed by atoms with E-state index in [1.54, 1.807) is 0 Å². The number of nitrogens with one attached hydrogen (secondary N) is 2. The van der Waals surface area contributed by atoms with Crippen molar-refractivity contribution in [2.24, 2.45) is 0 Å². The maximum Gasteiger partial charge on any atom is 0.253 e. The SMILES string of the molecule is CCN(CC)CCNC(=O)c1cc(C)[nH]c1C. The van der Waals surface area contributed by atoms with Crippen LogP contribution in [0.25, 0.3) is 0 Å². The molecule has 17 heavy (non-hydrogen) atoms. The molecule has 96 valence electrons. The van der Waals surface area contributed by atoms with Gasteiger partial charge in [0.25, 0.3) is 5.91 Å². The van der Waals surface area contributed by atoms with Gasteiger partial charge in [-0.15, -0.1) is 0 Å². The van der Waals surface area contributed by atoms with Crippen molar-refractivity contribution in [2.45, 2.75) is 27.7 Å². The summed E-state index contributed by atoms with van der Waals surface area (Å²) in [5.41, 5.74) is 2.71. The third-order valence-corrected chi connectivity index (χ3v) is 3.00. The van der Waals surface area contributed by atoms with Crippen molar-refractivity contribution in [1.82, 2.24) is 15.2 Å². The first-order valence-electron chi connectivity index (χ1n) is 6.25. The van der Waals surface area contributed by atoms with Crippen molar-refractivity contribution in [3.63, 3.8) is 0 Å². The van der Waals surface area contributed by atoms with Gasteiger partial charge in [0.1, 0.15) is 0 Å². The minimum atomic E-state index is 0.0130. The molecule has 0 aliphatic carbocycles. The molecule has 4 heteroatoms. The molecule has 1 aromatic rings. The van der Waals surface area contributed by atoms with E-state index in [-0.39, 0.29) is 5.91 Å². The van der Waals surface area contributed by atoms with E-state index in [4.69, 9.17) is 0 Å². The highest BCUT2D eigenvalue weighted by molar-refractivity contribution is 5.95. The Labute approximate surface area is 103 Å². The van der Waals surface area contributed by atoms with Gasteiger partial charge in [-0.05, 0) is 33.0 Å². The fourth-order valence-electron chi connectivity index (χ4n) is 1.92. The maximum absolute atomic E-state index is 11.9. The number of carbonyl (C=O) groups excluding carboxylic acids is 1. The molecule has 1 rings (SSSR count). The number of aromatic nitrogens is 1. The highest BCUT2D eigenvalue weighted by Gasteiger charge is 2.10. The first kappa shape index (κ1) is 13.8. The molecule has 0 unspecified atom stereocenters. The van der Waals surface area contributed by atoms with E-state index in [1.807, 2.05) is 19.9 Å². The van der Waals surface area contributed by atoms with Crippen LogP contribution in [0.15, 0.2) is 6.07 Å². The topological polar surface area (TPSA) is 48.1 Å². The van der Waals surface area contributed by atoms with Crippen LogP contribution in [0.4, 0.5) is 0 Å². The molecule has 0 bridgehead atoms. The van der Waals surface area contributed by atoms with E-state index in [1.165, 1.54) is 0 Å². The number of aromatic amines is 1. The Hall–Kier alpha value is -1.29. The summed E-state index contributed by atoms with van der Waals surface area (Å²) in [5.74, 6) is 0.0130. The third-order valence-electron chi connectivity index (χ3n) is 3.00. The van der Waals surface area contributed by atoms with Gasteiger partial charge >= 0.3 is 0 Å². The van der Waals surface area contributed by atoms with E-state index in [9.17, 15) is 4.79 Å². The lowest BCUT2D eigenvalue weighted by atomic mass is 10.2. The van der Waals surface area contributed by atoms with Crippen LogP contribution in [0.3, 0.4) is 0 Å². The molecule has 0 fully saturated rings. The normalized spacial score (nSPS) is 10.9. The molecule has 0 spiro atoms. The van der Waals surface area contributed by atoms with Crippen LogP contribution in [0.5, 0.6) is 0 Å². The number of nitrogens with zero attached hydrogens (tertiary/aromatic N) is 1. The summed E-state index contributed by atoms with van der Waals surface area (Å²) >= 11 is 0. The minimum Gasteiger partial charge on any atom is -0.362 e. The lowest BCUT2D eigenvalue weighted by molar-refractivity contribution is 0.0948. The highest BCUT2D eigenvalue weighted by Crippen LogP contribution is 2.08. The van der Waals surface area contributed by atoms with E-state index < -0.39 is 0 Å². The van der Waals surface area contributed by atoms with Crippen molar-refractivity contribution < 1.29 is 4.79 Å². The molecule has 0 aliphatic rings. The van der Waals surface area contributed by atoms with Crippen LogP contribution in [0.1, 0.15) is 35.6 Å². The number of carbonyl (C=O) groups is 1. The van der Waals surface area contributed by atoms with Gasteiger partial charge in [-0.1, -0.05) is 13.8 Å². The van der Waals surface area contributed by atoms with Crippen molar-refractivity contribution in [3.05, 3.63) is 23.0 Å². The Balaban J connectivity index is 2.42. The summed E-state index contributed by atoms with van der Waals surface area (Å²) < 4.78 is 0. The molecule has 1 amide bonds. The van der Waals surface area contributed by atoms with Gasteiger partial charge < -0.3 is 15.2 Å². The molecule has 4 nitrogen and oxygen atoms in total. The Morgan fingerprint density at radius 2 is 2.00 bits per heavy atom. The zero-order valence-corrected chi connectivity index (χ0v) is 11.3. The van der Waals surface area contributed by atoms with Crippen LogP contribution in [-0.4, -0.2) is 42.0 Å². The predicted molar refractivity (Wildman–Crippen MR) is 70.4 cm³/mol. The predicted octanol–water partition coefficient (Wildman–Crippen LogP) is 1.70. The van der Waals surface area contributed by atoms with Crippen LogP contribution >= 0.6 is 0 Å². The summed E-state index contributed by atoms with van der Waals surface area (Å²) in [6, 6.07) is 1.89. The first-order chi connectivity index (χ1) is 8.08. The molecular weight excluding hydrogens is 214 g/mol. The molecule has 1 heterocycles. The van der Waals surface area contributed by atoms with Crippen LogP contribution in [0, 0.1) is 13.8 Å². The van der Waals surface area contributed by atoms with Crippen molar-refractivity contribution in [3.8, 4) is 0 Å². The van der Waals surface area contributed by atoms with Gasteiger partial charge in [0.15, 0.2) is 0 Å². The largest absolute Gasteiger partial charge is 0.362 e. The monoisotopic (exact) mass is 237 g/mol. The van der Waals surface area contributed by atoms with Crippen molar-refractivity contribution in [1.29, 1.82) is 0 Å². The van der Waals surface area contributed by atoms with E-state index in [2.05, 4.69) is 29.0 Å². The second-order valence-corrected chi connectivity index (χ2v) is 4.27. The van der Waals surface area contributed by atoms with E-state index >= 15 is 0 Å². The summed E-state index contributed by atoms with van der Waals surface area (Å²) in [4.78, 5) is 17.3. The molecule has 0 radical (unpaired) electrons. The van der Waals surface area contributed by atoms with Crippen LogP contribution in [-0.2, 0) is 0 Å². The van der Waals surface area contributed by atoms with E-state index in [0.717, 1.165) is 36.6 Å². The maximum atomic E-state index is 11.9. The molecule has 0 atom stereocenters. The number of aryl methyl sites for hydroxylation is 2. The van der Waals surface area contributed by atoms with Crippen LogP contribution < -0.4 is 5.32 Å². The molecule has 0 aliphatic heterocycles. The van der Waals surface area contributed by atoms with Crippen molar-refractivity contribution >= 4 is 5.91 Å². The van der Waals surface area contributed by atoms with Gasteiger partial charge in [0.05, 0.1) is 5.56 Å². The first-order valence-corrected chi connectivity index (χ1v) is 6.25. The number of hydrogen-bond acceptors (Lipinski definition) is 2. The standard InChI is InChI=1S/C13H23N3O/c1-5-16(6-2)8-7-14-13(17)12-9-10(3)15-11(12)4/h9,15H,5-8H2,1-4H3,(H,14,17). The molecule has 1 aromatic heterocycles. The van der Waals surface area contributed by atoms with Gasteiger partial charge in [-0.3, -0.25) is 4.79 Å². The molecular formula is C13H23N3O. The average molecular weight is 237 g/mol. The van der Waals surface area contributed by atoms with Crippen molar-refractivity contribution in [2.75, 3.05) is 26.2 Å². The van der Waals surface area contributed by atoms with Gasteiger partial charge in [-0.2, -0.15) is 0 Å². The molecule has 0 aromatic carbocycles. The van der Waals surface area contributed by atoms with E-state index in [0.29, 0.717) is 6.54 Å². The van der Waals surface area contributed by atoms with Gasteiger partial charge in [-0.25, -0.2) is 0 Å². The lowest BCUT2D eigenvalue weighted by Crippen LogP contribution is -2.34. The second-order valence-electron chi connectivity index (χ2n) is 4.27. The number of likely N-dealkylation sites (N-methyl/N-ethyl adjacent to an activating group) is 1. The summed E-state index contributed by atoms with van der Waals surface area (Å²) in [7, 11) is 0. The number of rotatable bonds is 6. The van der Waals surface area contributed by atoms with Crippen LogP contribution in [0.2, 0.25) is 0 Å². The molecule has 0 saturated carbocycles. The number of amides is 1. The molecule has 2 N–H and O–H groups in total. The number of hydrogen-bond donors (Lipinski definition) is 2. The Morgan fingerprint density at radius 3 is 2.47 bits per heavy atom. The smallest absolute Gasteiger partial charge is 0.253 e. The fourth-order valence-corrected chi connectivity index (χ4v) is 1.92. The average Bonchev–Trinajstić information content (AvgIpc) is 2.64. The van der Waals surface area contributed by atoms with Gasteiger partial charge in [0, 0.05) is 24.5 Å².